The number of hydrogen-bond acceptors (Lipinski definition) is 15. The van der Waals surface area contributed by atoms with Crippen LogP contribution in [-0.4, -0.2) is 96.7 Å². The van der Waals surface area contributed by atoms with Crippen LogP contribution in [-0.2, 0) is 65.4 Å². The van der Waals surface area contributed by atoms with Gasteiger partial charge in [-0.3, -0.25) is 37.3 Å². The molecular formula is C85H146O17P2. The Morgan fingerprint density at radius 1 is 0.279 bits per heavy atom. The van der Waals surface area contributed by atoms with Crippen LogP contribution in [0.2, 0.25) is 0 Å². The maximum absolute atomic E-state index is 13.1. The first-order chi connectivity index (χ1) is 50.7. The highest BCUT2D eigenvalue weighted by atomic mass is 31.2. The number of allylic oxidation sites excluding steroid dienone is 20. The van der Waals surface area contributed by atoms with Gasteiger partial charge in [0.15, 0.2) is 12.2 Å². The first-order valence-corrected chi connectivity index (χ1v) is 43.8. The Kier molecular flexibility index (Phi) is 73.3. The normalized spacial score (nSPS) is 14.5. The van der Waals surface area contributed by atoms with E-state index < -0.39 is 97.5 Å². The van der Waals surface area contributed by atoms with E-state index in [0.717, 1.165) is 186 Å². The largest absolute Gasteiger partial charge is 0.472 e. The molecule has 5 unspecified atom stereocenters. The number of carbonyl (C=O) groups excluding carboxylic acids is 4. The maximum Gasteiger partial charge on any atom is 0.472 e. The van der Waals surface area contributed by atoms with E-state index in [1.807, 2.05) is 0 Å². The summed E-state index contributed by atoms with van der Waals surface area (Å²) in [7, 11) is -9.97. The zero-order valence-electron chi connectivity index (χ0n) is 65.4. The number of esters is 4. The lowest BCUT2D eigenvalue weighted by atomic mass is 10.1. The van der Waals surface area contributed by atoms with Crippen LogP contribution in [0.5, 0.6) is 0 Å². The van der Waals surface area contributed by atoms with Gasteiger partial charge in [-0.1, -0.05) is 278 Å². The maximum atomic E-state index is 13.1. The number of hydrogen-bond donors (Lipinski definition) is 3. The summed E-state index contributed by atoms with van der Waals surface area (Å²) in [4.78, 5) is 73.0. The predicted molar refractivity (Wildman–Crippen MR) is 427 cm³/mol. The number of carbonyl (C=O) groups is 4. The van der Waals surface area contributed by atoms with Crippen molar-refractivity contribution in [1.82, 2.24) is 0 Å². The van der Waals surface area contributed by atoms with Crippen molar-refractivity contribution in [3.8, 4) is 0 Å². The summed E-state index contributed by atoms with van der Waals surface area (Å²) in [6.45, 7) is 4.64. The van der Waals surface area contributed by atoms with Crippen LogP contribution in [0, 0.1) is 0 Å². The summed E-state index contributed by atoms with van der Waals surface area (Å²) in [6.07, 6.45) is 84.6. The summed E-state index contributed by atoms with van der Waals surface area (Å²) < 4.78 is 68.6. The second-order valence-electron chi connectivity index (χ2n) is 27.0. The molecule has 19 heteroatoms. The lowest BCUT2D eigenvalue weighted by molar-refractivity contribution is -0.161. The van der Waals surface area contributed by atoms with Gasteiger partial charge in [0, 0.05) is 25.7 Å². The lowest BCUT2D eigenvalue weighted by Crippen LogP contribution is -2.30. The molecule has 0 aromatic carbocycles. The van der Waals surface area contributed by atoms with Gasteiger partial charge < -0.3 is 33.8 Å². The molecule has 0 spiro atoms. The summed E-state index contributed by atoms with van der Waals surface area (Å²) in [5, 5.41) is 10.6. The Morgan fingerprint density at radius 2 is 0.510 bits per heavy atom. The van der Waals surface area contributed by atoms with E-state index in [-0.39, 0.29) is 25.7 Å². The fourth-order valence-electron chi connectivity index (χ4n) is 10.6. The molecule has 0 rings (SSSR count). The minimum Gasteiger partial charge on any atom is -0.462 e. The molecule has 0 bridgehead atoms. The van der Waals surface area contributed by atoms with E-state index >= 15 is 0 Å². The first-order valence-electron chi connectivity index (χ1n) is 40.8. The van der Waals surface area contributed by atoms with Crippen LogP contribution < -0.4 is 0 Å². The number of phosphoric acid groups is 2. The zero-order chi connectivity index (χ0) is 76.0. The lowest BCUT2D eigenvalue weighted by Gasteiger charge is -2.21. The molecule has 104 heavy (non-hydrogen) atoms. The van der Waals surface area contributed by atoms with Crippen LogP contribution in [0.4, 0.5) is 0 Å². The predicted octanol–water partition coefficient (Wildman–Crippen LogP) is 23.9. The monoisotopic (exact) mass is 1500 g/mol. The second-order valence-corrected chi connectivity index (χ2v) is 29.9. The molecule has 5 atom stereocenters. The Labute approximate surface area is 632 Å². The summed E-state index contributed by atoms with van der Waals surface area (Å²) >= 11 is 0. The van der Waals surface area contributed by atoms with Gasteiger partial charge in [0.2, 0.25) is 0 Å². The average molecular weight is 1500 g/mol. The molecule has 0 amide bonds. The SMILES string of the molecule is CC/C=C\C/C=C\C/C=C\C/C=C\C/C=C\CCCCCC(=O)OCC(COP(=O)(O)OCC(O)COP(=O)(O)OCC(COC(=O)CCCCCCCC/C=C\C/C=C\C/C=C\CCCCC)OC(=O)CCCCCCC/C=C\CCCCCCCC)OC(=O)CCCCCCC/C=C\CCCC. The van der Waals surface area contributed by atoms with Gasteiger partial charge in [0.1, 0.15) is 19.3 Å². The second kappa shape index (κ2) is 76.6. The smallest absolute Gasteiger partial charge is 0.462 e. The molecule has 3 N–H and O–H groups in total. The molecule has 0 aliphatic heterocycles. The van der Waals surface area contributed by atoms with E-state index in [1.54, 1.807) is 0 Å². The molecular weight excluding hydrogens is 1350 g/mol. The van der Waals surface area contributed by atoms with E-state index in [0.29, 0.717) is 25.7 Å². The van der Waals surface area contributed by atoms with E-state index in [1.165, 1.54) is 70.6 Å². The van der Waals surface area contributed by atoms with Crippen molar-refractivity contribution < 1.29 is 80.2 Å². The third-order valence-corrected chi connectivity index (χ3v) is 18.8. The Hall–Kier alpha value is -4.54. The standard InChI is InChI=1S/C85H146O17P2/c1-5-9-13-17-21-25-29-32-35-37-39-41-44-46-50-53-57-61-65-69-82(87)95-75-80(101-84(89)71-67-63-59-55-49-28-24-20-16-12-8-4)77-99-103(91,92)97-73-79(86)74-98-104(93,94)100-78-81(102-85(90)72-68-64-60-56-52-48-43-34-31-27-23-19-15-11-7-3)76-96-83(88)70-66-62-58-54-51-47-45-42-40-38-36-33-30-26-22-18-14-10-6-2/h9,13,20-22,24-26,32-36,39-43,46,50,79-81,86H,5-8,10-12,14-19,23,27-31,37-38,44-45,47-49,51-78H2,1-4H3,(H,91,92)(H,93,94)/b13-9-,24-20-,25-21-,26-22-,35-32-,36-33-,41-39-,42-40-,43-34-,50-46-. The Bertz CT molecular complexity index is 2440. The van der Waals surface area contributed by atoms with Gasteiger partial charge in [-0.25, -0.2) is 9.13 Å². The van der Waals surface area contributed by atoms with E-state index in [2.05, 4.69) is 149 Å². The average Bonchev–Trinajstić information content (AvgIpc) is 0.931. The molecule has 0 saturated carbocycles. The number of aliphatic hydroxyl groups is 1. The highest BCUT2D eigenvalue weighted by Crippen LogP contribution is 2.45. The minimum atomic E-state index is -4.99. The van der Waals surface area contributed by atoms with Crippen LogP contribution in [0.25, 0.3) is 0 Å². The quantitative estimate of drug-likeness (QED) is 0.0169. The van der Waals surface area contributed by atoms with Gasteiger partial charge in [0.25, 0.3) is 0 Å². The van der Waals surface area contributed by atoms with Crippen LogP contribution >= 0.6 is 15.6 Å². The van der Waals surface area contributed by atoms with Gasteiger partial charge >= 0.3 is 39.5 Å². The molecule has 598 valence electrons. The molecule has 0 aromatic rings. The fourth-order valence-corrected chi connectivity index (χ4v) is 12.2. The summed E-state index contributed by atoms with van der Waals surface area (Å²) in [5.74, 6) is -2.24. The van der Waals surface area contributed by atoms with Gasteiger partial charge in [0.05, 0.1) is 26.4 Å². The molecule has 0 fully saturated rings. The number of ether oxygens (including phenoxy) is 4. The summed E-state index contributed by atoms with van der Waals surface area (Å²) in [5.41, 5.74) is 0. The fraction of sp³-hybridized carbons (Fsp3) is 0.718. The molecule has 0 aliphatic rings. The molecule has 0 radical (unpaired) electrons. The zero-order valence-corrected chi connectivity index (χ0v) is 67.2. The highest BCUT2D eigenvalue weighted by Gasteiger charge is 2.30. The Balaban J connectivity index is 5.36. The van der Waals surface area contributed by atoms with Crippen molar-refractivity contribution in [2.75, 3.05) is 39.6 Å². The van der Waals surface area contributed by atoms with Crippen molar-refractivity contribution >= 4 is 39.5 Å². The van der Waals surface area contributed by atoms with Crippen molar-refractivity contribution in [2.45, 2.75) is 354 Å². The van der Waals surface area contributed by atoms with Crippen molar-refractivity contribution in [3.05, 3.63) is 122 Å². The van der Waals surface area contributed by atoms with Crippen molar-refractivity contribution in [2.24, 2.45) is 0 Å². The highest BCUT2D eigenvalue weighted by molar-refractivity contribution is 7.47. The number of rotatable bonds is 76. The topological polar surface area (TPSA) is 237 Å². The van der Waals surface area contributed by atoms with Crippen molar-refractivity contribution in [1.29, 1.82) is 0 Å². The van der Waals surface area contributed by atoms with Crippen molar-refractivity contribution in [3.63, 3.8) is 0 Å². The van der Waals surface area contributed by atoms with Crippen LogP contribution in [0.1, 0.15) is 336 Å². The molecule has 0 saturated heterocycles. The van der Waals surface area contributed by atoms with E-state index in [9.17, 15) is 43.2 Å². The molecule has 0 heterocycles. The van der Waals surface area contributed by atoms with Gasteiger partial charge in [-0.2, -0.15) is 0 Å². The number of unbranched alkanes of at least 4 members (excludes halogenated alkanes) is 30. The van der Waals surface area contributed by atoms with E-state index in [4.69, 9.17) is 37.0 Å². The number of aliphatic hydroxyl groups excluding tert-OH is 1. The first kappa shape index (κ1) is 99.5. The summed E-state index contributed by atoms with van der Waals surface area (Å²) in [6, 6.07) is 0. The number of phosphoric ester groups is 2. The third-order valence-electron chi connectivity index (χ3n) is 16.9. The molecule has 17 nitrogen and oxygen atoms in total. The molecule has 0 aromatic heterocycles. The minimum absolute atomic E-state index is 0.0746. The van der Waals surface area contributed by atoms with Crippen LogP contribution in [0.3, 0.4) is 0 Å². The molecule has 0 aliphatic carbocycles. The van der Waals surface area contributed by atoms with Gasteiger partial charge in [-0.15, -0.1) is 0 Å². The van der Waals surface area contributed by atoms with Crippen LogP contribution in [0.15, 0.2) is 122 Å². The Morgan fingerprint density at radius 3 is 0.837 bits per heavy atom. The third kappa shape index (κ3) is 75.7. The van der Waals surface area contributed by atoms with Gasteiger partial charge in [-0.05, 0) is 154 Å².